The van der Waals surface area contributed by atoms with E-state index in [-0.39, 0.29) is 5.91 Å². The van der Waals surface area contributed by atoms with Crippen LogP contribution in [0.4, 0.5) is 11.4 Å². The molecule has 3 N–H and O–H groups in total. The molecule has 4 nitrogen and oxygen atoms in total. The van der Waals surface area contributed by atoms with Gasteiger partial charge in [0, 0.05) is 30.0 Å². The summed E-state index contributed by atoms with van der Waals surface area (Å²) in [5.41, 5.74) is 9.13. The quantitative estimate of drug-likeness (QED) is 0.794. The highest BCUT2D eigenvalue weighted by atomic mass is 16.2. The van der Waals surface area contributed by atoms with E-state index in [1.165, 1.54) is 12.1 Å². The van der Waals surface area contributed by atoms with Gasteiger partial charge in [-0.25, -0.2) is 0 Å². The number of nitrogens with one attached hydrogen (secondary N) is 1. The van der Waals surface area contributed by atoms with Crippen LogP contribution in [0.25, 0.3) is 0 Å². The second kappa shape index (κ2) is 3.72. The second-order valence-electron chi connectivity index (χ2n) is 6.07. The lowest BCUT2D eigenvalue weighted by atomic mass is 9.93. The lowest BCUT2D eigenvalue weighted by Crippen LogP contribution is -2.22. The van der Waals surface area contributed by atoms with Crippen LogP contribution in [0, 0.1) is 5.41 Å². The van der Waals surface area contributed by atoms with Gasteiger partial charge in [0.1, 0.15) is 6.04 Å². The molecule has 1 fully saturated rings. The molecule has 96 valence electrons. The van der Waals surface area contributed by atoms with E-state index in [0.717, 1.165) is 24.3 Å². The molecule has 1 aromatic rings. The molecule has 0 radical (unpaired) electrons. The van der Waals surface area contributed by atoms with Crippen molar-refractivity contribution in [3.63, 3.8) is 0 Å². The predicted octanol–water partition coefficient (Wildman–Crippen LogP) is 1.87. The predicted molar refractivity (Wildman–Crippen MR) is 72.6 cm³/mol. The van der Waals surface area contributed by atoms with Crippen LogP contribution in [0.1, 0.15) is 31.9 Å². The van der Waals surface area contributed by atoms with Crippen LogP contribution in [0.3, 0.4) is 0 Å². The minimum absolute atomic E-state index is 0.107. The zero-order valence-electron chi connectivity index (χ0n) is 10.9. The van der Waals surface area contributed by atoms with E-state index < -0.39 is 6.04 Å². The molecule has 0 saturated carbocycles. The highest BCUT2D eigenvalue weighted by Gasteiger charge is 2.31. The highest BCUT2D eigenvalue weighted by Crippen LogP contribution is 2.37. The Morgan fingerprint density at radius 2 is 2.22 bits per heavy atom. The van der Waals surface area contributed by atoms with Gasteiger partial charge in [-0.3, -0.25) is 4.79 Å². The van der Waals surface area contributed by atoms with Gasteiger partial charge in [-0.2, -0.15) is 0 Å². The first kappa shape index (κ1) is 11.5. The number of hydrogen-bond acceptors (Lipinski definition) is 3. The van der Waals surface area contributed by atoms with Gasteiger partial charge in [-0.15, -0.1) is 0 Å². The zero-order chi connectivity index (χ0) is 12.9. The molecule has 2 aliphatic rings. The fraction of sp³-hybridized carbons (Fsp3) is 0.500. The summed E-state index contributed by atoms with van der Waals surface area (Å²) in [5.74, 6) is -0.107. The van der Waals surface area contributed by atoms with E-state index in [1.807, 2.05) is 12.1 Å². The molecule has 4 heteroatoms. The number of hydrogen-bond donors (Lipinski definition) is 2. The third-order valence-corrected chi connectivity index (χ3v) is 3.95. The standard InChI is InChI=1S/C14H19N3O/c1-14(2)5-6-17(8-14)9-3-4-10-11(7-9)16-13(18)12(10)15/h3-4,7,12H,5-6,8,15H2,1-2H3,(H,16,18). The molecule has 18 heavy (non-hydrogen) atoms. The summed E-state index contributed by atoms with van der Waals surface area (Å²) in [7, 11) is 0. The summed E-state index contributed by atoms with van der Waals surface area (Å²) in [6, 6.07) is 5.57. The van der Waals surface area contributed by atoms with Gasteiger partial charge in [0.15, 0.2) is 0 Å². The molecule has 1 amide bonds. The Morgan fingerprint density at radius 3 is 2.89 bits per heavy atom. The van der Waals surface area contributed by atoms with Gasteiger partial charge in [-0.1, -0.05) is 19.9 Å². The van der Waals surface area contributed by atoms with E-state index in [4.69, 9.17) is 5.73 Å². The fourth-order valence-electron chi connectivity index (χ4n) is 2.80. The van der Waals surface area contributed by atoms with Gasteiger partial charge >= 0.3 is 0 Å². The van der Waals surface area contributed by atoms with Gasteiger partial charge < -0.3 is 16.0 Å². The summed E-state index contributed by atoms with van der Waals surface area (Å²) in [6.07, 6.45) is 1.20. The van der Waals surface area contributed by atoms with Crippen LogP contribution >= 0.6 is 0 Å². The number of carbonyl (C=O) groups is 1. The van der Waals surface area contributed by atoms with Crippen LogP contribution in [-0.4, -0.2) is 19.0 Å². The highest BCUT2D eigenvalue weighted by molar-refractivity contribution is 6.02. The number of rotatable bonds is 1. The molecule has 1 atom stereocenters. The van der Waals surface area contributed by atoms with Crippen molar-refractivity contribution in [2.45, 2.75) is 26.3 Å². The number of amides is 1. The number of nitrogens with two attached hydrogens (primary N) is 1. The van der Waals surface area contributed by atoms with Crippen molar-refractivity contribution in [2.24, 2.45) is 11.1 Å². The maximum Gasteiger partial charge on any atom is 0.245 e. The van der Waals surface area contributed by atoms with Crippen molar-refractivity contribution in [2.75, 3.05) is 23.3 Å². The van der Waals surface area contributed by atoms with E-state index >= 15 is 0 Å². The molecule has 0 aromatic heterocycles. The van der Waals surface area contributed by atoms with Crippen molar-refractivity contribution < 1.29 is 4.79 Å². The smallest absolute Gasteiger partial charge is 0.245 e. The lowest BCUT2D eigenvalue weighted by molar-refractivity contribution is -0.116. The Balaban J connectivity index is 1.89. The van der Waals surface area contributed by atoms with Crippen molar-refractivity contribution in [1.82, 2.24) is 0 Å². The van der Waals surface area contributed by atoms with Gasteiger partial charge in [0.05, 0.1) is 0 Å². The average Bonchev–Trinajstić information content (AvgIpc) is 2.80. The molecule has 1 unspecified atom stereocenters. The van der Waals surface area contributed by atoms with Crippen LogP contribution < -0.4 is 16.0 Å². The molecule has 0 spiro atoms. The van der Waals surface area contributed by atoms with E-state index in [1.54, 1.807) is 0 Å². The normalized spacial score (nSPS) is 25.2. The monoisotopic (exact) mass is 245 g/mol. The largest absolute Gasteiger partial charge is 0.371 e. The molecule has 0 aliphatic carbocycles. The summed E-state index contributed by atoms with van der Waals surface area (Å²) >= 11 is 0. The molecule has 2 aliphatic heterocycles. The summed E-state index contributed by atoms with van der Waals surface area (Å²) < 4.78 is 0. The Bertz CT molecular complexity index is 510. The minimum Gasteiger partial charge on any atom is -0.371 e. The van der Waals surface area contributed by atoms with Gasteiger partial charge in [-0.05, 0) is 24.0 Å². The first-order chi connectivity index (χ1) is 8.46. The Kier molecular flexibility index (Phi) is 2.38. The topological polar surface area (TPSA) is 58.4 Å². The molecule has 1 aromatic carbocycles. The van der Waals surface area contributed by atoms with Gasteiger partial charge in [0.25, 0.3) is 0 Å². The maximum absolute atomic E-state index is 11.5. The van der Waals surface area contributed by atoms with Crippen LogP contribution in [-0.2, 0) is 4.79 Å². The molecule has 0 bridgehead atoms. The molecular formula is C14H19N3O. The summed E-state index contributed by atoms with van der Waals surface area (Å²) in [6.45, 7) is 6.72. The first-order valence-corrected chi connectivity index (χ1v) is 6.42. The third kappa shape index (κ3) is 1.77. The maximum atomic E-state index is 11.5. The number of carbonyl (C=O) groups excluding carboxylic acids is 1. The third-order valence-electron chi connectivity index (χ3n) is 3.95. The van der Waals surface area contributed by atoms with Crippen LogP contribution in [0.15, 0.2) is 18.2 Å². The number of anilines is 2. The van der Waals surface area contributed by atoms with Crippen LogP contribution in [0.5, 0.6) is 0 Å². The Labute approximate surface area is 107 Å². The molecule has 1 saturated heterocycles. The minimum atomic E-state index is -0.510. The average molecular weight is 245 g/mol. The number of nitrogens with zero attached hydrogens (tertiary/aromatic N) is 1. The molecule has 3 rings (SSSR count). The van der Waals surface area contributed by atoms with Crippen molar-refractivity contribution in [3.05, 3.63) is 23.8 Å². The molecular weight excluding hydrogens is 226 g/mol. The summed E-state index contributed by atoms with van der Waals surface area (Å²) in [5, 5.41) is 2.84. The SMILES string of the molecule is CC1(C)CCN(c2ccc3c(c2)NC(=O)C3N)C1. The van der Waals surface area contributed by atoms with E-state index in [9.17, 15) is 4.79 Å². The Morgan fingerprint density at radius 1 is 1.44 bits per heavy atom. The van der Waals surface area contributed by atoms with Crippen molar-refractivity contribution in [1.29, 1.82) is 0 Å². The fourth-order valence-corrected chi connectivity index (χ4v) is 2.80. The van der Waals surface area contributed by atoms with Crippen molar-refractivity contribution >= 4 is 17.3 Å². The number of fused-ring (bicyclic) bond motifs is 1. The van der Waals surface area contributed by atoms with Crippen LogP contribution in [0.2, 0.25) is 0 Å². The van der Waals surface area contributed by atoms with E-state index in [0.29, 0.717) is 5.41 Å². The first-order valence-electron chi connectivity index (χ1n) is 6.42. The number of benzene rings is 1. The lowest BCUT2D eigenvalue weighted by Gasteiger charge is -2.22. The van der Waals surface area contributed by atoms with Crippen molar-refractivity contribution in [3.8, 4) is 0 Å². The van der Waals surface area contributed by atoms with Gasteiger partial charge in [0.2, 0.25) is 5.91 Å². The van der Waals surface area contributed by atoms with E-state index in [2.05, 4.69) is 30.1 Å². The second-order valence-corrected chi connectivity index (χ2v) is 6.07. The zero-order valence-corrected chi connectivity index (χ0v) is 10.9. The summed E-state index contributed by atoms with van der Waals surface area (Å²) in [4.78, 5) is 13.9. The Hall–Kier alpha value is -1.55. The molecule has 2 heterocycles.